The molecule has 0 saturated heterocycles. The molecule has 0 saturated carbocycles. The number of terminal acetylenes is 1. The van der Waals surface area contributed by atoms with E-state index in [1.54, 1.807) is 0 Å². The van der Waals surface area contributed by atoms with Gasteiger partial charge in [-0.15, -0.1) is 12.3 Å². The van der Waals surface area contributed by atoms with Gasteiger partial charge < -0.3 is 5.11 Å². The molecule has 0 radical (unpaired) electrons. The Morgan fingerprint density at radius 3 is 2.56 bits per heavy atom. The number of aliphatic hydroxyl groups is 1. The standard InChI is InChI=1S/C11H8BrF3O/c1-2-3-10(16)8-6-7(11(13,14)15)4-5-9(8)12/h1,4-6,10,16H,3H2. The van der Waals surface area contributed by atoms with Gasteiger partial charge in [-0.05, 0) is 23.8 Å². The minimum absolute atomic E-state index is 0.0279. The largest absolute Gasteiger partial charge is 0.416 e. The molecule has 1 nitrogen and oxygen atoms in total. The molecule has 0 amide bonds. The van der Waals surface area contributed by atoms with E-state index in [0.29, 0.717) is 4.47 Å². The number of rotatable bonds is 2. The lowest BCUT2D eigenvalue weighted by molar-refractivity contribution is -0.137. The van der Waals surface area contributed by atoms with Crippen LogP contribution in [0, 0.1) is 12.3 Å². The lowest BCUT2D eigenvalue weighted by atomic mass is 10.0. The second-order valence-corrected chi connectivity index (χ2v) is 4.01. The van der Waals surface area contributed by atoms with E-state index < -0.39 is 17.8 Å². The van der Waals surface area contributed by atoms with Gasteiger partial charge in [-0.2, -0.15) is 13.2 Å². The summed E-state index contributed by atoms with van der Waals surface area (Å²) in [5.74, 6) is 2.20. The van der Waals surface area contributed by atoms with Crippen molar-refractivity contribution in [3.8, 4) is 12.3 Å². The van der Waals surface area contributed by atoms with Crippen LogP contribution in [0.1, 0.15) is 23.7 Å². The van der Waals surface area contributed by atoms with E-state index >= 15 is 0 Å². The maximum Gasteiger partial charge on any atom is 0.416 e. The fourth-order valence-electron chi connectivity index (χ4n) is 1.20. The molecule has 1 atom stereocenters. The number of alkyl halides is 3. The Kier molecular flexibility index (Phi) is 4.00. The van der Waals surface area contributed by atoms with Crippen molar-refractivity contribution in [1.82, 2.24) is 0 Å². The average molecular weight is 293 g/mol. The molecular formula is C11H8BrF3O. The van der Waals surface area contributed by atoms with Crippen LogP contribution in [0.2, 0.25) is 0 Å². The molecule has 16 heavy (non-hydrogen) atoms. The SMILES string of the molecule is C#CCC(O)c1cc(C(F)(F)F)ccc1Br. The van der Waals surface area contributed by atoms with Gasteiger partial charge in [-0.1, -0.05) is 15.9 Å². The van der Waals surface area contributed by atoms with Crippen molar-refractivity contribution in [2.75, 3.05) is 0 Å². The smallest absolute Gasteiger partial charge is 0.387 e. The predicted octanol–water partition coefficient (Wildman–Crippen LogP) is 3.52. The summed E-state index contributed by atoms with van der Waals surface area (Å²) in [5, 5.41) is 9.55. The highest BCUT2D eigenvalue weighted by Crippen LogP contribution is 2.34. The minimum Gasteiger partial charge on any atom is -0.387 e. The molecule has 5 heteroatoms. The van der Waals surface area contributed by atoms with Gasteiger partial charge in [0, 0.05) is 10.9 Å². The monoisotopic (exact) mass is 292 g/mol. The highest BCUT2D eigenvalue weighted by molar-refractivity contribution is 9.10. The second kappa shape index (κ2) is 4.89. The summed E-state index contributed by atoms with van der Waals surface area (Å²) in [6.07, 6.45) is -0.556. The molecular weight excluding hydrogens is 285 g/mol. The Bertz CT molecular complexity index is 420. The van der Waals surface area contributed by atoms with E-state index in [9.17, 15) is 18.3 Å². The van der Waals surface area contributed by atoms with Gasteiger partial charge in [-0.3, -0.25) is 0 Å². The summed E-state index contributed by atoms with van der Waals surface area (Å²) in [7, 11) is 0. The van der Waals surface area contributed by atoms with Crippen molar-refractivity contribution in [3.63, 3.8) is 0 Å². The van der Waals surface area contributed by atoms with Gasteiger partial charge in [0.15, 0.2) is 0 Å². The van der Waals surface area contributed by atoms with Gasteiger partial charge in [0.2, 0.25) is 0 Å². The molecule has 86 valence electrons. The summed E-state index contributed by atoms with van der Waals surface area (Å²) in [6.45, 7) is 0. The molecule has 0 bridgehead atoms. The zero-order valence-electron chi connectivity index (χ0n) is 8.05. The first kappa shape index (κ1) is 13.1. The lowest BCUT2D eigenvalue weighted by Gasteiger charge is -2.13. The molecule has 0 heterocycles. The number of halogens is 4. The number of hydrogen-bond donors (Lipinski definition) is 1. The summed E-state index contributed by atoms with van der Waals surface area (Å²) in [5.41, 5.74) is -0.658. The van der Waals surface area contributed by atoms with Crippen LogP contribution in [0.4, 0.5) is 13.2 Å². The van der Waals surface area contributed by atoms with Crippen molar-refractivity contribution in [2.24, 2.45) is 0 Å². The molecule has 0 aliphatic heterocycles. The van der Waals surface area contributed by atoms with Crippen LogP contribution >= 0.6 is 15.9 Å². The molecule has 0 aromatic heterocycles. The van der Waals surface area contributed by atoms with E-state index in [1.165, 1.54) is 6.07 Å². The van der Waals surface area contributed by atoms with Crippen LogP contribution < -0.4 is 0 Å². The third-order valence-electron chi connectivity index (χ3n) is 1.99. The zero-order valence-corrected chi connectivity index (χ0v) is 9.64. The van der Waals surface area contributed by atoms with E-state index in [4.69, 9.17) is 6.42 Å². The van der Waals surface area contributed by atoms with Crippen molar-refractivity contribution >= 4 is 15.9 Å². The maximum absolute atomic E-state index is 12.4. The highest BCUT2D eigenvalue weighted by atomic mass is 79.9. The van der Waals surface area contributed by atoms with Crippen LogP contribution in [0.5, 0.6) is 0 Å². The first-order valence-corrected chi connectivity index (χ1v) is 5.13. The molecule has 0 fully saturated rings. The van der Waals surface area contributed by atoms with Gasteiger partial charge >= 0.3 is 6.18 Å². The normalized spacial score (nSPS) is 13.2. The summed E-state index contributed by atoms with van der Waals surface area (Å²) in [6, 6.07) is 3.08. The van der Waals surface area contributed by atoms with Crippen molar-refractivity contribution in [3.05, 3.63) is 33.8 Å². The Morgan fingerprint density at radius 2 is 2.06 bits per heavy atom. The molecule has 1 aromatic rings. The van der Waals surface area contributed by atoms with E-state index in [-0.39, 0.29) is 12.0 Å². The molecule has 0 aliphatic carbocycles. The van der Waals surface area contributed by atoms with E-state index in [1.807, 2.05) is 0 Å². The third kappa shape index (κ3) is 3.00. The Labute approximate surface area is 99.4 Å². The molecule has 1 aromatic carbocycles. The van der Waals surface area contributed by atoms with Crippen molar-refractivity contribution < 1.29 is 18.3 Å². The van der Waals surface area contributed by atoms with Gasteiger partial charge in [0.25, 0.3) is 0 Å². The second-order valence-electron chi connectivity index (χ2n) is 3.16. The first-order chi connectivity index (χ1) is 7.36. The van der Waals surface area contributed by atoms with Crippen molar-refractivity contribution in [1.29, 1.82) is 0 Å². The van der Waals surface area contributed by atoms with Crippen LogP contribution in [-0.2, 0) is 6.18 Å². The Morgan fingerprint density at radius 1 is 1.44 bits per heavy atom. The minimum atomic E-state index is -4.43. The predicted molar refractivity (Wildman–Crippen MR) is 57.6 cm³/mol. The molecule has 1 rings (SSSR count). The average Bonchev–Trinajstić information content (AvgIpc) is 2.16. The van der Waals surface area contributed by atoms with Crippen LogP contribution in [0.3, 0.4) is 0 Å². The topological polar surface area (TPSA) is 20.2 Å². The van der Waals surface area contributed by atoms with Crippen LogP contribution in [0.25, 0.3) is 0 Å². The fourth-order valence-corrected chi connectivity index (χ4v) is 1.71. The maximum atomic E-state index is 12.4. The summed E-state index contributed by atoms with van der Waals surface area (Å²) >= 11 is 3.07. The number of aliphatic hydroxyl groups excluding tert-OH is 1. The van der Waals surface area contributed by atoms with Crippen LogP contribution in [-0.4, -0.2) is 5.11 Å². The van der Waals surface area contributed by atoms with Crippen LogP contribution in [0.15, 0.2) is 22.7 Å². The summed E-state index contributed by atoms with van der Waals surface area (Å²) < 4.78 is 37.6. The molecule has 0 spiro atoms. The van der Waals surface area contributed by atoms with Gasteiger partial charge in [-0.25, -0.2) is 0 Å². The van der Waals surface area contributed by atoms with Gasteiger partial charge in [0.1, 0.15) is 0 Å². The Balaban J connectivity index is 3.15. The fraction of sp³-hybridized carbons (Fsp3) is 0.273. The number of hydrogen-bond acceptors (Lipinski definition) is 1. The quantitative estimate of drug-likeness (QED) is 0.827. The first-order valence-electron chi connectivity index (χ1n) is 4.34. The third-order valence-corrected chi connectivity index (χ3v) is 2.72. The van der Waals surface area contributed by atoms with E-state index in [0.717, 1.165) is 12.1 Å². The molecule has 1 N–H and O–H groups in total. The Hall–Kier alpha value is -0.990. The highest BCUT2D eigenvalue weighted by Gasteiger charge is 2.31. The molecule has 1 unspecified atom stereocenters. The van der Waals surface area contributed by atoms with E-state index in [2.05, 4.69) is 21.9 Å². The van der Waals surface area contributed by atoms with Crippen molar-refractivity contribution in [2.45, 2.75) is 18.7 Å². The summed E-state index contributed by atoms with van der Waals surface area (Å²) in [4.78, 5) is 0. The van der Waals surface area contributed by atoms with Gasteiger partial charge in [0.05, 0.1) is 11.7 Å². The lowest BCUT2D eigenvalue weighted by Crippen LogP contribution is -2.07. The number of benzene rings is 1. The molecule has 0 aliphatic rings. The zero-order chi connectivity index (χ0) is 12.3.